The van der Waals surface area contributed by atoms with Crippen LogP contribution in [-0.4, -0.2) is 37.0 Å². The molecule has 18 heavy (non-hydrogen) atoms. The first-order chi connectivity index (χ1) is 8.45. The summed E-state index contributed by atoms with van der Waals surface area (Å²) in [5, 5.41) is 0. The fraction of sp³-hybridized carbons (Fsp3) is 0.385. The fourth-order valence-electron chi connectivity index (χ4n) is 1.54. The Morgan fingerprint density at radius 2 is 2.06 bits per heavy atom. The second-order valence-corrected chi connectivity index (χ2v) is 3.93. The SMILES string of the molecule is CCOC(=O)CN(C)C(=O)c1ccc(F)cc1C. The molecule has 0 radical (unpaired) electrons. The van der Waals surface area contributed by atoms with Gasteiger partial charge in [-0.25, -0.2) is 4.39 Å². The number of aryl methyl sites for hydroxylation is 1. The molecule has 0 unspecified atom stereocenters. The van der Waals surface area contributed by atoms with Crippen molar-refractivity contribution in [1.29, 1.82) is 0 Å². The van der Waals surface area contributed by atoms with E-state index in [1.807, 2.05) is 0 Å². The van der Waals surface area contributed by atoms with Gasteiger partial charge in [-0.1, -0.05) is 0 Å². The molecule has 0 bridgehead atoms. The lowest BCUT2D eigenvalue weighted by Gasteiger charge is -2.17. The van der Waals surface area contributed by atoms with Crippen molar-refractivity contribution in [3.8, 4) is 0 Å². The van der Waals surface area contributed by atoms with Crippen LogP contribution in [-0.2, 0) is 9.53 Å². The number of likely N-dealkylation sites (N-methyl/N-ethyl adjacent to an activating group) is 1. The maximum absolute atomic E-state index is 12.9. The number of ether oxygens (including phenoxy) is 1. The molecule has 98 valence electrons. The number of carbonyl (C=O) groups is 2. The summed E-state index contributed by atoms with van der Waals surface area (Å²) >= 11 is 0. The third-order valence-corrected chi connectivity index (χ3v) is 2.44. The van der Waals surface area contributed by atoms with Crippen LogP contribution in [0.1, 0.15) is 22.8 Å². The number of carbonyl (C=O) groups excluding carboxylic acids is 2. The number of esters is 1. The number of rotatable bonds is 4. The Balaban J connectivity index is 2.77. The van der Waals surface area contributed by atoms with Crippen molar-refractivity contribution in [1.82, 2.24) is 4.90 Å². The Hall–Kier alpha value is -1.91. The predicted octanol–water partition coefficient (Wildman–Crippen LogP) is 1.77. The van der Waals surface area contributed by atoms with Gasteiger partial charge in [-0.3, -0.25) is 9.59 Å². The average Bonchev–Trinajstić information content (AvgIpc) is 2.28. The van der Waals surface area contributed by atoms with E-state index in [1.54, 1.807) is 13.8 Å². The maximum atomic E-state index is 12.9. The lowest BCUT2D eigenvalue weighted by molar-refractivity contribution is -0.143. The molecule has 0 N–H and O–H groups in total. The van der Waals surface area contributed by atoms with Gasteiger partial charge in [0.05, 0.1) is 6.61 Å². The highest BCUT2D eigenvalue weighted by Crippen LogP contribution is 2.12. The summed E-state index contributed by atoms with van der Waals surface area (Å²) in [5.74, 6) is -1.19. The smallest absolute Gasteiger partial charge is 0.325 e. The summed E-state index contributed by atoms with van der Waals surface area (Å²) in [6, 6.07) is 3.92. The van der Waals surface area contributed by atoms with Crippen LogP contribution >= 0.6 is 0 Å². The molecule has 0 fully saturated rings. The third kappa shape index (κ3) is 3.55. The number of nitrogens with zero attached hydrogens (tertiary/aromatic N) is 1. The molecule has 1 amide bonds. The van der Waals surface area contributed by atoms with Crippen molar-refractivity contribution >= 4 is 11.9 Å². The molecule has 0 aromatic heterocycles. The molecule has 4 nitrogen and oxygen atoms in total. The summed E-state index contributed by atoms with van der Waals surface area (Å²) < 4.78 is 17.7. The van der Waals surface area contributed by atoms with Crippen molar-refractivity contribution in [2.75, 3.05) is 20.2 Å². The number of halogens is 1. The number of hydrogen-bond acceptors (Lipinski definition) is 3. The van der Waals surface area contributed by atoms with E-state index in [2.05, 4.69) is 0 Å². The molecule has 5 heteroatoms. The van der Waals surface area contributed by atoms with E-state index in [9.17, 15) is 14.0 Å². The zero-order valence-electron chi connectivity index (χ0n) is 10.7. The lowest BCUT2D eigenvalue weighted by atomic mass is 10.1. The van der Waals surface area contributed by atoms with Crippen LogP contribution < -0.4 is 0 Å². The largest absolute Gasteiger partial charge is 0.465 e. The minimum atomic E-state index is -0.465. The van der Waals surface area contributed by atoms with Gasteiger partial charge < -0.3 is 9.64 Å². The van der Waals surface area contributed by atoms with E-state index < -0.39 is 11.8 Å². The van der Waals surface area contributed by atoms with Crippen molar-refractivity contribution < 1.29 is 18.7 Å². The Bertz CT molecular complexity index is 460. The molecule has 1 aromatic rings. The minimum Gasteiger partial charge on any atom is -0.465 e. The quantitative estimate of drug-likeness (QED) is 0.768. The highest BCUT2D eigenvalue weighted by molar-refractivity contribution is 5.97. The van der Waals surface area contributed by atoms with Crippen molar-refractivity contribution in [2.45, 2.75) is 13.8 Å². The van der Waals surface area contributed by atoms with Gasteiger partial charge in [-0.05, 0) is 37.6 Å². The Morgan fingerprint density at radius 3 is 2.61 bits per heavy atom. The molecular weight excluding hydrogens is 237 g/mol. The first-order valence-electron chi connectivity index (χ1n) is 5.63. The second-order valence-electron chi connectivity index (χ2n) is 3.93. The first kappa shape index (κ1) is 14.2. The summed E-state index contributed by atoms with van der Waals surface area (Å²) in [4.78, 5) is 24.5. The number of hydrogen-bond donors (Lipinski definition) is 0. The van der Waals surface area contributed by atoms with Gasteiger partial charge in [-0.2, -0.15) is 0 Å². The van der Waals surface area contributed by atoms with Crippen LogP contribution in [0.25, 0.3) is 0 Å². The summed E-state index contributed by atoms with van der Waals surface area (Å²) in [7, 11) is 1.50. The van der Waals surface area contributed by atoms with Gasteiger partial charge in [-0.15, -0.1) is 0 Å². The molecule has 0 spiro atoms. The average molecular weight is 253 g/mol. The van der Waals surface area contributed by atoms with Crippen molar-refractivity contribution in [3.63, 3.8) is 0 Å². The molecule has 0 aliphatic heterocycles. The second kappa shape index (κ2) is 6.14. The third-order valence-electron chi connectivity index (χ3n) is 2.44. The zero-order chi connectivity index (χ0) is 13.7. The van der Waals surface area contributed by atoms with Crippen molar-refractivity contribution in [2.24, 2.45) is 0 Å². The topological polar surface area (TPSA) is 46.6 Å². The molecule has 0 aliphatic rings. The molecule has 0 aliphatic carbocycles. The Labute approximate surface area is 105 Å². The molecule has 0 saturated heterocycles. The summed E-state index contributed by atoms with van der Waals surface area (Å²) in [5.41, 5.74) is 0.916. The van der Waals surface area contributed by atoms with Gasteiger partial charge in [0.25, 0.3) is 5.91 Å². The Morgan fingerprint density at radius 1 is 1.39 bits per heavy atom. The van der Waals surface area contributed by atoms with Crippen LogP contribution in [0.5, 0.6) is 0 Å². The molecule has 1 aromatic carbocycles. The van der Waals surface area contributed by atoms with Crippen LogP contribution in [0, 0.1) is 12.7 Å². The van der Waals surface area contributed by atoms with Gasteiger partial charge in [0.2, 0.25) is 0 Å². The van der Waals surface area contributed by atoms with E-state index in [1.165, 1.54) is 30.1 Å². The molecule has 0 saturated carbocycles. The van der Waals surface area contributed by atoms with Gasteiger partial charge >= 0.3 is 5.97 Å². The van der Waals surface area contributed by atoms with E-state index in [4.69, 9.17) is 4.74 Å². The highest BCUT2D eigenvalue weighted by Gasteiger charge is 2.17. The highest BCUT2D eigenvalue weighted by atomic mass is 19.1. The lowest BCUT2D eigenvalue weighted by Crippen LogP contribution is -2.33. The zero-order valence-corrected chi connectivity index (χ0v) is 10.7. The van der Waals surface area contributed by atoms with Gasteiger partial charge in [0.1, 0.15) is 12.4 Å². The predicted molar refractivity (Wildman–Crippen MR) is 64.7 cm³/mol. The van der Waals surface area contributed by atoms with E-state index in [0.717, 1.165) is 0 Å². The standard InChI is InChI=1S/C13H16FNO3/c1-4-18-12(16)8-15(3)13(17)11-6-5-10(14)7-9(11)2/h5-7H,4,8H2,1-3H3. The molecule has 0 heterocycles. The van der Waals surface area contributed by atoms with Crippen LogP contribution in [0.2, 0.25) is 0 Å². The number of amides is 1. The molecule has 1 rings (SSSR count). The number of benzene rings is 1. The van der Waals surface area contributed by atoms with E-state index >= 15 is 0 Å². The molecular formula is C13H16FNO3. The van der Waals surface area contributed by atoms with Crippen LogP contribution in [0.3, 0.4) is 0 Å². The first-order valence-corrected chi connectivity index (χ1v) is 5.63. The van der Waals surface area contributed by atoms with Gasteiger partial charge in [0, 0.05) is 12.6 Å². The summed E-state index contributed by atoms with van der Waals surface area (Å²) in [6.45, 7) is 3.50. The normalized spacial score (nSPS) is 10.0. The van der Waals surface area contributed by atoms with Crippen LogP contribution in [0.15, 0.2) is 18.2 Å². The summed E-state index contributed by atoms with van der Waals surface area (Å²) in [6.07, 6.45) is 0. The van der Waals surface area contributed by atoms with E-state index in [0.29, 0.717) is 11.1 Å². The Kier molecular flexibility index (Phi) is 4.83. The van der Waals surface area contributed by atoms with Crippen molar-refractivity contribution in [3.05, 3.63) is 35.1 Å². The van der Waals surface area contributed by atoms with E-state index in [-0.39, 0.29) is 19.1 Å². The minimum absolute atomic E-state index is 0.122. The molecule has 0 atom stereocenters. The maximum Gasteiger partial charge on any atom is 0.325 e. The van der Waals surface area contributed by atoms with Crippen LogP contribution in [0.4, 0.5) is 4.39 Å². The van der Waals surface area contributed by atoms with Gasteiger partial charge in [0.15, 0.2) is 0 Å². The fourth-order valence-corrected chi connectivity index (χ4v) is 1.54. The monoisotopic (exact) mass is 253 g/mol.